The second-order valence-electron chi connectivity index (χ2n) is 20.9. The van der Waals surface area contributed by atoms with Gasteiger partial charge in [0.2, 0.25) is 41.4 Å². The van der Waals surface area contributed by atoms with Crippen LogP contribution in [0, 0.1) is 0 Å². The van der Waals surface area contributed by atoms with Gasteiger partial charge in [-0.05, 0) is 98.5 Å². The molecule has 0 aliphatic carbocycles. The minimum absolute atomic E-state index is 0.0165. The fourth-order valence-electron chi connectivity index (χ4n) is 10.3. The lowest BCUT2D eigenvalue weighted by molar-refractivity contribution is -0.135. The minimum Gasteiger partial charge on any atom is -0.368 e. The van der Waals surface area contributed by atoms with E-state index in [0.29, 0.717) is 62.7 Å². The molecular formula is C62H80N12O7. The molecule has 0 bridgehead atoms. The SMILES string of the molecule is CCCCCCCC(=O)N[C@@H](CCCCN)C(=O)N[C@@H](Cc1c[nH]c2ccccc12)C(=O)N[C@@H](CCCCN)C(=O)N[C@@H](Cc1c[nH]c2ccccc12)C(=O)N[C@@H](Cc1ccccc1)C(=O)N[C@@H](Cc1c[nH]c2ccccc12)C(N)=O. The second kappa shape index (κ2) is 30.9. The quantitative estimate of drug-likeness (QED) is 0.0229. The van der Waals surface area contributed by atoms with Gasteiger partial charge in [-0.15, -0.1) is 0 Å². The summed E-state index contributed by atoms with van der Waals surface area (Å²) >= 11 is 0. The maximum absolute atomic E-state index is 15.0. The summed E-state index contributed by atoms with van der Waals surface area (Å²) in [4.78, 5) is 110. The van der Waals surface area contributed by atoms with Crippen LogP contribution >= 0.6 is 0 Å². The third kappa shape index (κ3) is 17.6. The van der Waals surface area contributed by atoms with E-state index in [1.165, 1.54) is 0 Å². The number of primary amides is 1. The highest BCUT2D eigenvalue weighted by Gasteiger charge is 2.34. The molecule has 7 rings (SSSR count). The molecule has 6 atom stereocenters. The number of nitrogens with one attached hydrogen (secondary N) is 9. The Labute approximate surface area is 472 Å². The predicted octanol–water partition coefficient (Wildman–Crippen LogP) is 5.41. The minimum atomic E-state index is -1.32. The number of amides is 7. The number of nitrogens with two attached hydrogens (primary N) is 3. The van der Waals surface area contributed by atoms with Gasteiger partial charge in [-0.1, -0.05) is 118 Å². The highest BCUT2D eigenvalue weighted by atomic mass is 16.2. The summed E-state index contributed by atoms with van der Waals surface area (Å²) < 4.78 is 0. The standard InChI is InChI=1S/C62H80N12O7/c1-2-3-4-5-9-30-56(75)69-50(28-16-18-31-63)58(77)73-54(35-42-38-67-48-26-14-11-23-45(42)48)61(80)70-51(29-17-19-32-64)59(78)74-55(36-43-39-68-49-27-15-12-24-46(43)49)62(81)72-53(33-40-20-7-6-8-21-40)60(79)71-52(57(65)76)34-41-37-66-47-25-13-10-22-44(41)47/h6-8,10-15,20-27,37-39,50-55,66-68H,2-5,9,16-19,28-36,63-64H2,1H3,(H2,65,76)(H,69,75)(H,70,80)(H,71,79)(H,72,81)(H,73,77)(H,74,78)/t50-,51-,52-,53-,54-,55-/m0/s1. The summed E-state index contributed by atoms with van der Waals surface area (Å²) in [6.45, 7) is 2.83. The lowest BCUT2D eigenvalue weighted by atomic mass is 10.00. The molecule has 4 aromatic carbocycles. The Morgan fingerprint density at radius 2 is 0.778 bits per heavy atom. The van der Waals surface area contributed by atoms with Crippen molar-refractivity contribution in [3.05, 3.63) is 144 Å². The molecule has 19 nitrogen and oxygen atoms in total. The lowest BCUT2D eigenvalue weighted by Gasteiger charge is -2.28. The Bertz CT molecular complexity index is 3190. The average Bonchev–Trinajstić information content (AvgIpc) is 4.22. The van der Waals surface area contributed by atoms with E-state index in [-0.39, 0.29) is 44.4 Å². The molecule has 0 saturated heterocycles. The zero-order valence-electron chi connectivity index (χ0n) is 46.3. The van der Waals surface area contributed by atoms with Gasteiger partial charge >= 0.3 is 0 Å². The number of benzene rings is 4. The van der Waals surface area contributed by atoms with Crippen molar-refractivity contribution in [3.63, 3.8) is 0 Å². The van der Waals surface area contributed by atoms with E-state index >= 15 is 4.79 Å². The molecular weight excluding hydrogens is 1020 g/mol. The van der Waals surface area contributed by atoms with Crippen LogP contribution in [-0.2, 0) is 59.2 Å². The number of carbonyl (C=O) groups excluding carboxylic acids is 7. The summed E-state index contributed by atoms with van der Waals surface area (Å²) in [5.74, 6) is -4.34. The summed E-state index contributed by atoms with van der Waals surface area (Å²) in [7, 11) is 0. The third-order valence-corrected chi connectivity index (χ3v) is 14.8. The first-order valence-corrected chi connectivity index (χ1v) is 28.5. The Kier molecular flexibility index (Phi) is 23.0. The van der Waals surface area contributed by atoms with Crippen LogP contribution in [0.5, 0.6) is 0 Å². The van der Waals surface area contributed by atoms with Crippen LogP contribution in [0.25, 0.3) is 32.7 Å². The fraction of sp³-hybridized carbons (Fsp3) is 0.403. The van der Waals surface area contributed by atoms with Crippen molar-refractivity contribution in [2.75, 3.05) is 13.1 Å². The number of carbonyl (C=O) groups is 7. The normalized spacial score (nSPS) is 13.6. The molecule has 430 valence electrons. The van der Waals surface area contributed by atoms with Gasteiger partial charge in [-0.2, -0.15) is 0 Å². The zero-order valence-corrected chi connectivity index (χ0v) is 46.3. The molecule has 0 saturated carbocycles. The van der Waals surface area contributed by atoms with E-state index in [1.807, 2.05) is 103 Å². The molecule has 0 radical (unpaired) electrons. The van der Waals surface area contributed by atoms with E-state index < -0.39 is 71.7 Å². The van der Waals surface area contributed by atoms with Crippen molar-refractivity contribution in [1.82, 2.24) is 46.9 Å². The number of para-hydroxylation sites is 3. The zero-order chi connectivity index (χ0) is 57.5. The van der Waals surface area contributed by atoms with Crippen LogP contribution in [0.2, 0.25) is 0 Å². The van der Waals surface area contributed by atoms with Crippen LogP contribution in [-0.4, -0.2) is 106 Å². The van der Waals surface area contributed by atoms with Gasteiger partial charge in [0.1, 0.15) is 36.3 Å². The monoisotopic (exact) mass is 1100 g/mol. The van der Waals surface area contributed by atoms with E-state index in [1.54, 1.807) is 18.6 Å². The first-order valence-electron chi connectivity index (χ1n) is 28.5. The van der Waals surface area contributed by atoms with Gasteiger partial charge in [0, 0.05) is 83.4 Å². The smallest absolute Gasteiger partial charge is 0.243 e. The molecule has 0 spiro atoms. The van der Waals surface area contributed by atoms with Gasteiger partial charge < -0.3 is 64.1 Å². The Morgan fingerprint density at radius 1 is 0.407 bits per heavy atom. The van der Waals surface area contributed by atoms with Gasteiger partial charge in [0.05, 0.1) is 0 Å². The van der Waals surface area contributed by atoms with Crippen LogP contribution < -0.4 is 49.1 Å². The molecule has 3 aromatic heterocycles. The molecule has 81 heavy (non-hydrogen) atoms. The molecule has 0 unspecified atom stereocenters. The number of aromatic amines is 3. The summed E-state index contributed by atoms with van der Waals surface area (Å²) in [5, 5.41) is 20.0. The fourth-order valence-corrected chi connectivity index (χ4v) is 10.3. The Morgan fingerprint density at radius 3 is 1.22 bits per heavy atom. The van der Waals surface area contributed by atoms with E-state index in [2.05, 4.69) is 53.8 Å². The van der Waals surface area contributed by atoms with Crippen LogP contribution in [0.4, 0.5) is 0 Å². The summed E-state index contributed by atoms with van der Waals surface area (Å²) in [5.41, 5.74) is 23.1. The average molecular weight is 1110 g/mol. The number of aromatic nitrogens is 3. The molecule has 0 aliphatic heterocycles. The van der Waals surface area contributed by atoms with E-state index in [4.69, 9.17) is 17.2 Å². The molecule has 19 heteroatoms. The topological polar surface area (TPSA) is 317 Å². The Hall–Kier alpha value is -8.29. The molecule has 7 amide bonds. The van der Waals surface area contributed by atoms with Crippen LogP contribution in [0.1, 0.15) is 106 Å². The third-order valence-electron chi connectivity index (χ3n) is 14.8. The number of hydrogen-bond donors (Lipinski definition) is 12. The summed E-state index contributed by atoms with van der Waals surface area (Å²) in [6.07, 6.45) is 12.9. The van der Waals surface area contributed by atoms with Crippen LogP contribution in [0.3, 0.4) is 0 Å². The van der Waals surface area contributed by atoms with Crippen molar-refractivity contribution >= 4 is 74.1 Å². The van der Waals surface area contributed by atoms with E-state index in [0.717, 1.165) is 69.5 Å². The second-order valence-corrected chi connectivity index (χ2v) is 20.9. The van der Waals surface area contributed by atoms with E-state index in [9.17, 15) is 28.8 Å². The highest BCUT2D eigenvalue weighted by molar-refractivity contribution is 5.98. The lowest BCUT2D eigenvalue weighted by Crippen LogP contribution is -2.60. The number of fused-ring (bicyclic) bond motifs is 3. The van der Waals surface area contributed by atoms with Gasteiger partial charge in [-0.25, -0.2) is 0 Å². The molecule has 0 aliphatic rings. The maximum Gasteiger partial charge on any atom is 0.243 e. The van der Waals surface area contributed by atoms with Crippen molar-refractivity contribution < 1.29 is 33.6 Å². The molecule has 15 N–H and O–H groups in total. The highest BCUT2D eigenvalue weighted by Crippen LogP contribution is 2.23. The molecule has 7 aromatic rings. The number of H-pyrrole nitrogens is 3. The van der Waals surface area contributed by atoms with Crippen molar-refractivity contribution in [2.24, 2.45) is 17.2 Å². The Balaban J connectivity index is 1.16. The number of rotatable bonds is 34. The largest absolute Gasteiger partial charge is 0.368 e. The van der Waals surface area contributed by atoms with Gasteiger partial charge in [-0.3, -0.25) is 33.6 Å². The predicted molar refractivity (Wildman–Crippen MR) is 316 cm³/mol. The first kappa shape index (κ1) is 60.4. The molecule has 3 heterocycles. The van der Waals surface area contributed by atoms with Gasteiger partial charge in [0.25, 0.3) is 0 Å². The van der Waals surface area contributed by atoms with Crippen molar-refractivity contribution in [2.45, 2.75) is 146 Å². The summed E-state index contributed by atoms with van der Waals surface area (Å²) in [6, 6.07) is 24.6. The maximum atomic E-state index is 15.0. The van der Waals surface area contributed by atoms with Crippen molar-refractivity contribution in [3.8, 4) is 0 Å². The van der Waals surface area contributed by atoms with Gasteiger partial charge in [0.15, 0.2) is 0 Å². The van der Waals surface area contributed by atoms with Crippen LogP contribution in [0.15, 0.2) is 122 Å². The van der Waals surface area contributed by atoms with Crippen molar-refractivity contribution in [1.29, 1.82) is 0 Å². The first-order chi connectivity index (χ1) is 39.3. The number of hydrogen-bond acceptors (Lipinski definition) is 9. The molecule has 0 fully saturated rings. The number of unbranched alkanes of at least 4 members (excludes halogenated alkanes) is 6.